The van der Waals surface area contributed by atoms with Gasteiger partial charge in [0.1, 0.15) is 17.2 Å². The molecule has 0 saturated heterocycles. The van der Waals surface area contributed by atoms with Gasteiger partial charge in [-0.25, -0.2) is 0 Å². The predicted octanol–water partition coefficient (Wildman–Crippen LogP) is 3.03. The summed E-state index contributed by atoms with van der Waals surface area (Å²) in [5, 5.41) is 0. The summed E-state index contributed by atoms with van der Waals surface area (Å²) in [6, 6.07) is 9.37. The number of rotatable bonds is 4. The molecule has 5 heteroatoms. The van der Waals surface area contributed by atoms with Crippen molar-refractivity contribution in [2.24, 2.45) is 0 Å². The number of ether oxygens (including phenoxy) is 3. The molecule has 0 bridgehead atoms. The molecule has 0 saturated carbocycles. The van der Waals surface area contributed by atoms with Gasteiger partial charge in [0.25, 0.3) is 0 Å². The van der Waals surface area contributed by atoms with Crippen LogP contribution in [0.5, 0.6) is 23.1 Å². The third-order valence-corrected chi connectivity index (χ3v) is 2.24. The minimum atomic E-state index is -0.595. The van der Waals surface area contributed by atoms with E-state index in [1.807, 2.05) is 0 Å². The molecule has 0 N–H and O–H groups in total. The zero-order valence-electron chi connectivity index (χ0n) is 10.0. The molecular formula is C13H12FNO3. The molecule has 1 aromatic heterocycles. The molecule has 2 rings (SSSR count). The minimum absolute atomic E-state index is 0.172. The van der Waals surface area contributed by atoms with Crippen LogP contribution in [0.4, 0.5) is 4.39 Å². The molecule has 0 aliphatic heterocycles. The summed E-state index contributed by atoms with van der Waals surface area (Å²) < 4.78 is 28.6. The molecule has 0 aliphatic rings. The molecule has 0 radical (unpaired) electrons. The van der Waals surface area contributed by atoms with Crippen LogP contribution in [0.3, 0.4) is 0 Å². The second-order valence-corrected chi connectivity index (χ2v) is 3.45. The molecule has 4 nitrogen and oxygen atoms in total. The van der Waals surface area contributed by atoms with E-state index in [4.69, 9.17) is 14.2 Å². The normalized spacial score (nSPS) is 9.94. The van der Waals surface area contributed by atoms with Crippen LogP contribution in [0.1, 0.15) is 0 Å². The fraction of sp³-hybridized carbons (Fsp3) is 0.154. The zero-order valence-corrected chi connectivity index (χ0v) is 10.0. The third-order valence-electron chi connectivity index (χ3n) is 2.24. The van der Waals surface area contributed by atoms with Crippen molar-refractivity contribution in [3.8, 4) is 23.1 Å². The Kier molecular flexibility index (Phi) is 3.62. The van der Waals surface area contributed by atoms with Crippen molar-refractivity contribution in [3.63, 3.8) is 0 Å². The van der Waals surface area contributed by atoms with Gasteiger partial charge in [-0.15, -0.1) is 0 Å². The van der Waals surface area contributed by atoms with Gasteiger partial charge in [0.2, 0.25) is 11.8 Å². The highest BCUT2D eigenvalue weighted by Gasteiger charge is 2.05. The molecular weight excluding hydrogens is 237 g/mol. The monoisotopic (exact) mass is 249 g/mol. The Morgan fingerprint density at radius 3 is 2.11 bits per heavy atom. The first kappa shape index (κ1) is 12.2. The van der Waals surface area contributed by atoms with Crippen LogP contribution in [0.25, 0.3) is 0 Å². The Bertz CT molecular complexity index is 523. The van der Waals surface area contributed by atoms with Gasteiger partial charge >= 0.3 is 0 Å². The number of halogens is 1. The second-order valence-electron chi connectivity index (χ2n) is 3.45. The number of hydrogen-bond donors (Lipinski definition) is 0. The molecule has 18 heavy (non-hydrogen) atoms. The maximum atomic E-state index is 12.9. The van der Waals surface area contributed by atoms with Crippen molar-refractivity contribution in [1.29, 1.82) is 0 Å². The fourth-order valence-electron chi connectivity index (χ4n) is 1.41. The first-order valence-electron chi connectivity index (χ1n) is 5.25. The molecule has 0 spiro atoms. The van der Waals surface area contributed by atoms with E-state index in [2.05, 4.69) is 4.98 Å². The van der Waals surface area contributed by atoms with Crippen molar-refractivity contribution >= 4 is 0 Å². The molecule has 94 valence electrons. The summed E-state index contributed by atoms with van der Waals surface area (Å²) in [7, 11) is 3.08. The molecule has 0 atom stereocenters. The lowest BCUT2D eigenvalue weighted by Gasteiger charge is -2.09. The molecule has 0 amide bonds. The smallest absolute Gasteiger partial charge is 0.221 e. The number of benzene rings is 1. The van der Waals surface area contributed by atoms with E-state index >= 15 is 0 Å². The van der Waals surface area contributed by atoms with E-state index < -0.39 is 5.95 Å². The van der Waals surface area contributed by atoms with E-state index in [0.717, 1.165) is 0 Å². The summed E-state index contributed by atoms with van der Waals surface area (Å²) in [4.78, 5) is 3.61. The van der Waals surface area contributed by atoms with Crippen LogP contribution < -0.4 is 14.2 Å². The van der Waals surface area contributed by atoms with Crippen LogP contribution in [-0.2, 0) is 0 Å². The Labute approximate surface area is 104 Å². The highest BCUT2D eigenvalue weighted by atomic mass is 19.1. The summed E-state index contributed by atoms with van der Waals surface area (Å²) >= 11 is 0. The Morgan fingerprint density at radius 1 is 0.944 bits per heavy atom. The van der Waals surface area contributed by atoms with E-state index in [9.17, 15) is 4.39 Å². The maximum absolute atomic E-state index is 12.9. The van der Waals surface area contributed by atoms with E-state index in [-0.39, 0.29) is 5.88 Å². The number of aromatic nitrogens is 1. The van der Waals surface area contributed by atoms with Gasteiger partial charge in [-0.1, -0.05) is 6.07 Å². The molecule has 0 fully saturated rings. The average Bonchev–Trinajstić information content (AvgIpc) is 2.38. The van der Waals surface area contributed by atoms with Crippen LogP contribution in [0.2, 0.25) is 0 Å². The van der Waals surface area contributed by atoms with Crippen molar-refractivity contribution in [2.45, 2.75) is 0 Å². The van der Waals surface area contributed by atoms with Crippen LogP contribution >= 0.6 is 0 Å². The lowest BCUT2D eigenvalue weighted by atomic mass is 10.3. The maximum Gasteiger partial charge on any atom is 0.221 e. The lowest BCUT2D eigenvalue weighted by Crippen LogP contribution is -1.92. The Hall–Kier alpha value is -2.30. The summed E-state index contributed by atoms with van der Waals surface area (Å²) in [6.45, 7) is 0. The van der Waals surface area contributed by atoms with Gasteiger partial charge in [-0.2, -0.15) is 9.37 Å². The van der Waals surface area contributed by atoms with E-state index in [1.54, 1.807) is 38.5 Å². The second kappa shape index (κ2) is 5.35. The van der Waals surface area contributed by atoms with Crippen LogP contribution in [0, 0.1) is 5.95 Å². The summed E-state index contributed by atoms with van der Waals surface area (Å²) in [5.41, 5.74) is 0. The van der Waals surface area contributed by atoms with Gasteiger partial charge in [0.05, 0.1) is 14.2 Å². The molecule has 0 aliphatic carbocycles. The van der Waals surface area contributed by atoms with Crippen LogP contribution in [0.15, 0.2) is 36.4 Å². The SMILES string of the molecule is COc1cc(OC)cc(Oc2cccc(F)n2)c1. The van der Waals surface area contributed by atoms with Crippen molar-refractivity contribution < 1.29 is 18.6 Å². The van der Waals surface area contributed by atoms with Crippen molar-refractivity contribution in [1.82, 2.24) is 4.98 Å². The average molecular weight is 249 g/mol. The molecule has 2 aromatic rings. The minimum Gasteiger partial charge on any atom is -0.496 e. The third kappa shape index (κ3) is 2.88. The zero-order chi connectivity index (χ0) is 13.0. The number of nitrogens with zero attached hydrogens (tertiary/aromatic N) is 1. The van der Waals surface area contributed by atoms with Crippen molar-refractivity contribution in [3.05, 3.63) is 42.3 Å². The molecule has 1 heterocycles. The fourth-order valence-corrected chi connectivity index (χ4v) is 1.41. The van der Waals surface area contributed by atoms with Gasteiger partial charge in [-0.3, -0.25) is 0 Å². The standard InChI is InChI=1S/C13H12FNO3/c1-16-9-6-10(17-2)8-11(7-9)18-13-5-3-4-12(14)15-13/h3-8H,1-2H3. The van der Waals surface area contributed by atoms with Crippen molar-refractivity contribution in [2.75, 3.05) is 14.2 Å². The molecule has 0 unspecified atom stereocenters. The summed E-state index contributed by atoms with van der Waals surface area (Å²) in [6.07, 6.45) is 0. The molecule has 1 aromatic carbocycles. The first-order valence-corrected chi connectivity index (χ1v) is 5.25. The summed E-state index contributed by atoms with van der Waals surface area (Å²) in [5.74, 6) is 1.21. The first-order chi connectivity index (χ1) is 8.71. The van der Waals surface area contributed by atoms with Gasteiger partial charge in [0, 0.05) is 24.3 Å². The largest absolute Gasteiger partial charge is 0.496 e. The highest BCUT2D eigenvalue weighted by Crippen LogP contribution is 2.30. The van der Waals surface area contributed by atoms with E-state index in [1.165, 1.54) is 12.1 Å². The van der Waals surface area contributed by atoms with Gasteiger partial charge in [0.15, 0.2) is 0 Å². The lowest BCUT2D eigenvalue weighted by molar-refractivity contribution is 0.384. The van der Waals surface area contributed by atoms with Gasteiger partial charge < -0.3 is 14.2 Å². The highest BCUT2D eigenvalue weighted by molar-refractivity contribution is 5.43. The number of hydrogen-bond acceptors (Lipinski definition) is 4. The number of methoxy groups -OCH3 is 2. The predicted molar refractivity (Wildman–Crippen MR) is 63.8 cm³/mol. The topological polar surface area (TPSA) is 40.6 Å². The van der Waals surface area contributed by atoms with Crippen LogP contribution in [-0.4, -0.2) is 19.2 Å². The quantitative estimate of drug-likeness (QED) is 0.781. The Balaban J connectivity index is 2.28. The van der Waals surface area contributed by atoms with E-state index in [0.29, 0.717) is 17.2 Å². The Morgan fingerprint density at radius 2 is 1.56 bits per heavy atom. The van der Waals surface area contributed by atoms with Gasteiger partial charge in [-0.05, 0) is 6.07 Å². The number of pyridine rings is 1.